The molecule has 0 heterocycles. The zero-order valence-corrected chi connectivity index (χ0v) is 11.5. The third-order valence-electron chi connectivity index (χ3n) is 3.35. The Morgan fingerprint density at radius 3 is 2.00 bits per heavy atom. The van der Waals surface area contributed by atoms with E-state index in [4.69, 9.17) is 5.90 Å². The van der Waals surface area contributed by atoms with Crippen LogP contribution in [-0.2, 0) is 9.63 Å². The molecule has 0 fully saturated rings. The van der Waals surface area contributed by atoms with Crippen LogP contribution in [0.5, 0.6) is 0 Å². The molecule has 1 unspecified atom stereocenters. The van der Waals surface area contributed by atoms with Crippen molar-refractivity contribution in [3.63, 3.8) is 0 Å². The minimum absolute atomic E-state index is 0.0000846. The number of unbranched alkanes of at least 4 members (excludes halogenated alkanes) is 7. The van der Waals surface area contributed by atoms with E-state index in [9.17, 15) is 4.79 Å². The van der Waals surface area contributed by atoms with E-state index in [1.807, 2.05) is 6.92 Å². The largest absolute Gasteiger partial charge is 0.373 e. The van der Waals surface area contributed by atoms with E-state index >= 15 is 0 Å². The Kier molecular flexibility index (Phi) is 11.5. The highest BCUT2D eigenvalue weighted by atomic mass is 16.7. The molecule has 1 atom stereocenters. The van der Waals surface area contributed by atoms with Crippen LogP contribution < -0.4 is 5.90 Å². The van der Waals surface area contributed by atoms with Gasteiger partial charge in [0.25, 0.3) is 0 Å². The molecule has 17 heavy (non-hydrogen) atoms. The van der Waals surface area contributed by atoms with Crippen LogP contribution in [0.15, 0.2) is 0 Å². The van der Waals surface area contributed by atoms with Gasteiger partial charge in [-0.2, -0.15) is 5.90 Å². The average molecular weight is 243 g/mol. The van der Waals surface area contributed by atoms with Crippen molar-refractivity contribution in [1.29, 1.82) is 0 Å². The fourth-order valence-electron chi connectivity index (χ4n) is 2.11. The molecule has 0 amide bonds. The first-order chi connectivity index (χ1) is 8.26. The summed E-state index contributed by atoms with van der Waals surface area (Å²) in [5.41, 5.74) is 0. The lowest BCUT2D eigenvalue weighted by molar-refractivity contribution is -0.149. The summed E-state index contributed by atoms with van der Waals surface area (Å²) in [6, 6.07) is 0. The van der Waals surface area contributed by atoms with Gasteiger partial charge in [0.15, 0.2) is 0 Å². The summed E-state index contributed by atoms with van der Waals surface area (Å²) in [6.45, 7) is 4.24. The van der Waals surface area contributed by atoms with E-state index in [0.29, 0.717) is 0 Å². The van der Waals surface area contributed by atoms with E-state index in [0.717, 1.165) is 19.3 Å². The predicted molar refractivity (Wildman–Crippen MR) is 71.3 cm³/mol. The van der Waals surface area contributed by atoms with Gasteiger partial charge in [0, 0.05) is 0 Å². The Labute approximate surface area is 106 Å². The van der Waals surface area contributed by atoms with Crippen molar-refractivity contribution in [2.45, 2.75) is 78.1 Å². The first kappa shape index (κ1) is 16.4. The molecule has 2 N–H and O–H groups in total. The summed E-state index contributed by atoms with van der Waals surface area (Å²) in [7, 11) is 0. The summed E-state index contributed by atoms with van der Waals surface area (Å²) in [5.74, 6) is 4.64. The highest BCUT2D eigenvalue weighted by molar-refractivity contribution is 5.71. The van der Waals surface area contributed by atoms with Gasteiger partial charge in [-0.05, 0) is 12.8 Å². The summed E-state index contributed by atoms with van der Waals surface area (Å²) in [5, 5.41) is 0. The van der Waals surface area contributed by atoms with Crippen LogP contribution in [0, 0.1) is 5.92 Å². The molecule has 0 aliphatic heterocycles. The molecule has 0 aromatic heterocycles. The lowest BCUT2D eigenvalue weighted by Gasteiger charge is -2.10. The molecule has 3 heteroatoms. The molecule has 0 aromatic carbocycles. The molecule has 0 saturated carbocycles. The second-order valence-corrected chi connectivity index (χ2v) is 4.81. The number of carbonyl (C=O) groups excluding carboxylic acids is 1. The van der Waals surface area contributed by atoms with Crippen molar-refractivity contribution >= 4 is 5.97 Å². The molecular weight excluding hydrogens is 214 g/mol. The molecule has 0 aromatic rings. The van der Waals surface area contributed by atoms with E-state index in [2.05, 4.69) is 11.8 Å². The van der Waals surface area contributed by atoms with Gasteiger partial charge < -0.3 is 4.84 Å². The summed E-state index contributed by atoms with van der Waals surface area (Å²) in [4.78, 5) is 15.5. The number of rotatable bonds is 11. The number of nitrogens with two attached hydrogens (primary N) is 1. The zero-order valence-electron chi connectivity index (χ0n) is 11.5. The molecule has 0 bridgehead atoms. The van der Waals surface area contributed by atoms with Crippen LogP contribution in [0.2, 0.25) is 0 Å². The Bertz CT molecular complexity index is 183. The SMILES string of the molecule is CCCCCCCCCCC(CC)C(=O)ON. The first-order valence-corrected chi connectivity index (χ1v) is 7.16. The quantitative estimate of drug-likeness (QED) is 0.441. The minimum Gasteiger partial charge on any atom is -0.373 e. The van der Waals surface area contributed by atoms with Crippen LogP contribution in [-0.4, -0.2) is 5.97 Å². The van der Waals surface area contributed by atoms with Crippen LogP contribution >= 0.6 is 0 Å². The fraction of sp³-hybridized carbons (Fsp3) is 0.929. The predicted octanol–water partition coefficient (Wildman–Crippen LogP) is 3.96. The maximum absolute atomic E-state index is 11.2. The third kappa shape index (κ3) is 9.16. The van der Waals surface area contributed by atoms with Gasteiger partial charge in [-0.15, -0.1) is 0 Å². The van der Waals surface area contributed by atoms with Crippen LogP contribution in [0.4, 0.5) is 0 Å². The van der Waals surface area contributed by atoms with Crippen molar-refractivity contribution in [2.24, 2.45) is 11.8 Å². The first-order valence-electron chi connectivity index (χ1n) is 7.16. The molecule has 0 rings (SSSR count). The Morgan fingerprint density at radius 2 is 1.53 bits per heavy atom. The standard InChI is InChI=1S/C14H29NO2/c1-3-5-6-7-8-9-10-11-12-13(4-2)14(16)17-15/h13H,3-12,15H2,1-2H3. The third-order valence-corrected chi connectivity index (χ3v) is 3.35. The van der Waals surface area contributed by atoms with Gasteiger partial charge in [0.2, 0.25) is 0 Å². The number of carbonyl (C=O) groups is 1. The lowest BCUT2D eigenvalue weighted by atomic mass is 9.98. The van der Waals surface area contributed by atoms with Gasteiger partial charge in [-0.25, -0.2) is 0 Å². The zero-order chi connectivity index (χ0) is 12.9. The van der Waals surface area contributed by atoms with Gasteiger partial charge in [-0.1, -0.05) is 65.2 Å². The topological polar surface area (TPSA) is 52.3 Å². The maximum atomic E-state index is 11.2. The van der Waals surface area contributed by atoms with Gasteiger partial charge >= 0.3 is 5.97 Å². The van der Waals surface area contributed by atoms with E-state index < -0.39 is 0 Å². The molecule has 102 valence electrons. The molecule has 0 saturated heterocycles. The maximum Gasteiger partial charge on any atom is 0.327 e. The summed E-state index contributed by atoms with van der Waals surface area (Å²) < 4.78 is 0. The second kappa shape index (κ2) is 11.9. The Hall–Kier alpha value is -0.570. The molecular formula is C14H29NO2. The second-order valence-electron chi connectivity index (χ2n) is 4.81. The molecule has 0 spiro atoms. The van der Waals surface area contributed by atoms with Crippen LogP contribution in [0.3, 0.4) is 0 Å². The molecule has 0 aliphatic carbocycles. The van der Waals surface area contributed by atoms with Crippen LogP contribution in [0.1, 0.15) is 78.1 Å². The van der Waals surface area contributed by atoms with E-state index in [-0.39, 0.29) is 11.9 Å². The van der Waals surface area contributed by atoms with Crippen molar-refractivity contribution in [3.05, 3.63) is 0 Å². The van der Waals surface area contributed by atoms with E-state index in [1.165, 1.54) is 44.9 Å². The van der Waals surface area contributed by atoms with Gasteiger partial charge in [-0.3, -0.25) is 4.79 Å². The molecule has 0 radical (unpaired) electrons. The van der Waals surface area contributed by atoms with Gasteiger partial charge in [0.1, 0.15) is 0 Å². The highest BCUT2D eigenvalue weighted by Gasteiger charge is 2.16. The monoisotopic (exact) mass is 243 g/mol. The van der Waals surface area contributed by atoms with Gasteiger partial charge in [0.05, 0.1) is 5.92 Å². The van der Waals surface area contributed by atoms with Crippen molar-refractivity contribution in [2.75, 3.05) is 0 Å². The summed E-state index contributed by atoms with van der Waals surface area (Å²) in [6.07, 6.45) is 12.1. The molecule has 3 nitrogen and oxygen atoms in total. The number of hydrogen-bond donors (Lipinski definition) is 1. The smallest absolute Gasteiger partial charge is 0.327 e. The van der Waals surface area contributed by atoms with Crippen molar-refractivity contribution < 1.29 is 9.63 Å². The average Bonchev–Trinajstić information content (AvgIpc) is 2.36. The normalized spacial score (nSPS) is 12.4. The minimum atomic E-state index is -0.254. The van der Waals surface area contributed by atoms with Crippen LogP contribution in [0.25, 0.3) is 0 Å². The fourth-order valence-corrected chi connectivity index (χ4v) is 2.11. The Morgan fingerprint density at radius 1 is 1.00 bits per heavy atom. The van der Waals surface area contributed by atoms with E-state index in [1.54, 1.807) is 0 Å². The lowest BCUT2D eigenvalue weighted by Crippen LogP contribution is -2.20. The summed E-state index contributed by atoms with van der Waals surface area (Å²) >= 11 is 0. The Balaban J connectivity index is 3.34. The highest BCUT2D eigenvalue weighted by Crippen LogP contribution is 2.16. The molecule has 0 aliphatic rings. The number of hydrogen-bond acceptors (Lipinski definition) is 3. The van der Waals surface area contributed by atoms with Crippen molar-refractivity contribution in [3.8, 4) is 0 Å². The van der Waals surface area contributed by atoms with Crippen molar-refractivity contribution in [1.82, 2.24) is 0 Å².